The number of carbonyl (C=O) groups is 1. The van der Waals surface area contributed by atoms with Crippen molar-refractivity contribution in [2.45, 2.75) is 25.5 Å². The average molecular weight is 312 g/mol. The molecule has 0 aliphatic carbocycles. The summed E-state index contributed by atoms with van der Waals surface area (Å²) in [7, 11) is 0. The first kappa shape index (κ1) is 15.4. The minimum Gasteiger partial charge on any atom is -0.391 e. The molecule has 0 aromatic carbocycles. The Labute approximate surface area is 135 Å². The van der Waals surface area contributed by atoms with Crippen LogP contribution in [0.3, 0.4) is 0 Å². The maximum Gasteiger partial charge on any atom is 0.270 e. The van der Waals surface area contributed by atoms with Crippen LogP contribution in [0.25, 0.3) is 0 Å². The zero-order valence-electron chi connectivity index (χ0n) is 12.9. The monoisotopic (exact) mass is 312 g/mol. The van der Waals surface area contributed by atoms with Crippen LogP contribution in [0.5, 0.6) is 0 Å². The summed E-state index contributed by atoms with van der Waals surface area (Å²) in [6.07, 6.45) is 4.79. The fourth-order valence-electron chi connectivity index (χ4n) is 2.76. The molecule has 0 saturated carbocycles. The van der Waals surface area contributed by atoms with Gasteiger partial charge < -0.3 is 15.3 Å². The van der Waals surface area contributed by atoms with E-state index in [4.69, 9.17) is 0 Å². The molecule has 2 N–H and O–H groups in total. The third-order valence-corrected chi connectivity index (χ3v) is 3.90. The van der Waals surface area contributed by atoms with Crippen molar-refractivity contribution < 1.29 is 9.90 Å². The van der Waals surface area contributed by atoms with Crippen molar-refractivity contribution in [2.24, 2.45) is 0 Å². The van der Waals surface area contributed by atoms with Crippen LogP contribution in [0.4, 0.5) is 5.82 Å². The van der Waals surface area contributed by atoms with E-state index in [0.29, 0.717) is 18.8 Å². The van der Waals surface area contributed by atoms with Crippen molar-refractivity contribution >= 4 is 11.7 Å². The Morgan fingerprint density at radius 1 is 1.26 bits per heavy atom. The molecule has 1 unspecified atom stereocenters. The predicted octanol–water partition coefficient (Wildman–Crippen LogP) is 1.37. The average Bonchev–Trinajstić information content (AvgIpc) is 2.60. The van der Waals surface area contributed by atoms with Gasteiger partial charge in [0.15, 0.2) is 0 Å². The second-order valence-electron chi connectivity index (χ2n) is 5.63. The number of hydrogen-bond acceptors (Lipinski definition) is 5. The minimum absolute atomic E-state index is 0.209. The number of rotatable bonds is 4. The van der Waals surface area contributed by atoms with Crippen LogP contribution in [0.2, 0.25) is 0 Å². The summed E-state index contributed by atoms with van der Waals surface area (Å²) in [6.45, 7) is 1.83. The summed E-state index contributed by atoms with van der Waals surface area (Å²) in [5.41, 5.74) is 1.33. The number of aromatic nitrogens is 2. The third-order valence-electron chi connectivity index (χ3n) is 3.90. The normalized spacial score (nSPS) is 17.8. The second-order valence-corrected chi connectivity index (χ2v) is 5.63. The molecule has 1 amide bonds. The lowest BCUT2D eigenvalue weighted by molar-refractivity contribution is 0.0946. The Morgan fingerprint density at radius 3 is 2.91 bits per heavy atom. The number of nitrogens with one attached hydrogen (secondary N) is 1. The molecule has 6 nitrogen and oxygen atoms in total. The van der Waals surface area contributed by atoms with Gasteiger partial charge in [-0.1, -0.05) is 12.1 Å². The van der Waals surface area contributed by atoms with Gasteiger partial charge in [-0.3, -0.25) is 9.78 Å². The van der Waals surface area contributed by atoms with Crippen LogP contribution in [0.1, 0.15) is 28.9 Å². The minimum atomic E-state index is -0.318. The number of amides is 1. The Balaban J connectivity index is 1.70. The van der Waals surface area contributed by atoms with Crippen LogP contribution in [-0.2, 0) is 6.54 Å². The largest absolute Gasteiger partial charge is 0.391 e. The lowest BCUT2D eigenvalue weighted by Crippen LogP contribution is -2.39. The van der Waals surface area contributed by atoms with Gasteiger partial charge in [0, 0.05) is 37.6 Å². The van der Waals surface area contributed by atoms with Gasteiger partial charge in [-0.15, -0.1) is 0 Å². The number of nitrogens with zero attached hydrogens (tertiary/aromatic N) is 3. The maximum absolute atomic E-state index is 12.1. The van der Waals surface area contributed by atoms with Crippen LogP contribution in [-0.4, -0.2) is 40.2 Å². The summed E-state index contributed by atoms with van der Waals surface area (Å²) in [4.78, 5) is 22.7. The van der Waals surface area contributed by atoms with Gasteiger partial charge in [0.25, 0.3) is 5.91 Å². The van der Waals surface area contributed by atoms with E-state index >= 15 is 0 Å². The molecule has 0 bridgehead atoms. The van der Waals surface area contributed by atoms with E-state index in [1.807, 2.05) is 12.1 Å². The second kappa shape index (κ2) is 7.19. The van der Waals surface area contributed by atoms with Crippen LogP contribution >= 0.6 is 0 Å². The van der Waals surface area contributed by atoms with Gasteiger partial charge in [0.1, 0.15) is 11.5 Å². The number of carbonyl (C=O) groups excluding carboxylic acids is 1. The van der Waals surface area contributed by atoms with Crippen molar-refractivity contribution in [1.82, 2.24) is 15.3 Å². The van der Waals surface area contributed by atoms with Crippen molar-refractivity contribution in [3.63, 3.8) is 0 Å². The first-order valence-electron chi connectivity index (χ1n) is 7.80. The first-order valence-corrected chi connectivity index (χ1v) is 7.80. The lowest BCUT2D eigenvalue weighted by atomic mass is 10.1. The quantitative estimate of drug-likeness (QED) is 0.891. The van der Waals surface area contributed by atoms with Gasteiger partial charge in [-0.25, -0.2) is 4.98 Å². The molecule has 2 aromatic rings. The van der Waals surface area contributed by atoms with Crippen molar-refractivity contribution in [3.05, 3.63) is 54.0 Å². The topological polar surface area (TPSA) is 78.4 Å². The molecular formula is C17H20N4O2. The lowest BCUT2D eigenvalue weighted by Gasteiger charge is -2.32. The summed E-state index contributed by atoms with van der Waals surface area (Å²) >= 11 is 0. The van der Waals surface area contributed by atoms with Gasteiger partial charge in [0.2, 0.25) is 0 Å². The summed E-state index contributed by atoms with van der Waals surface area (Å²) < 4.78 is 0. The van der Waals surface area contributed by atoms with Crippen LogP contribution in [0, 0.1) is 0 Å². The Bertz CT molecular complexity index is 663. The van der Waals surface area contributed by atoms with E-state index < -0.39 is 0 Å². The highest BCUT2D eigenvalue weighted by atomic mass is 16.3. The van der Waals surface area contributed by atoms with E-state index in [9.17, 15) is 9.90 Å². The molecule has 1 fully saturated rings. The molecule has 3 rings (SSSR count). The van der Waals surface area contributed by atoms with E-state index in [1.54, 1.807) is 30.6 Å². The molecule has 1 saturated heterocycles. The zero-order valence-corrected chi connectivity index (χ0v) is 12.9. The van der Waals surface area contributed by atoms with E-state index in [2.05, 4.69) is 20.2 Å². The molecule has 3 heterocycles. The van der Waals surface area contributed by atoms with Crippen molar-refractivity contribution in [3.8, 4) is 0 Å². The van der Waals surface area contributed by atoms with Crippen LogP contribution in [0.15, 0.2) is 42.7 Å². The smallest absolute Gasteiger partial charge is 0.270 e. The van der Waals surface area contributed by atoms with Gasteiger partial charge >= 0.3 is 0 Å². The maximum atomic E-state index is 12.1. The third kappa shape index (κ3) is 3.84. The predicted molar refractivity (Wildman–Crippen MR) is 87.1 cm³/mol. The summed E-state index contributed by atoms with van der Waals surface area (Å²) in [5, 5.41) is 12.7. The SMILES string of the molecule is O=C(NCc1cccnc1N1CCCC(O)C1)c1ccccn1. The molecule has 120 valence electrons. The van der Waals surface area contributed by atoms with Crippen molar-refractivity contribution in [2.75, 3.05) is 18.0 Å². The number of hydrogen-bond donors (Lipinski definition) is 2. The number of pyridine rings is 2. The molecule has 0 radical (unpaired) electrons. The standard InChI is InChI=1S/C17H20N4O2/c22-14-6-4-10-21(12-14)16-13(5-3-9-19-16)11-20-17(23)15-7-1-2-8-18-15/h1-3,5,7-9,14,22H,4,6,10-12H2,(H,20,23). The van der Waals surface area contributed by atoms with E-state index in [0.717, 1.165) is 30.8 Å². The molecule has 23 heavy (non-hydrogen) atoms. The molecular weight excluding hydrogens is 292 g/mol. The number of aliphatic hydroxyl groups is 1. The van der Waals surface area contributed by atoms with Crippen LogP contribution < -0.4 is 10.2 Å². The summed E-state index contributed by atoms with van der Waals surface area (Å²) in [5.74, 6) is 0.617. The fourth-order valence-corrected chi connectivity index (χ4v) is 2.76. The van der Waals surface area contributed by atoms with Gasteiger partial charge in [-0.2, -0.15) is 0 Å². The Kier molecular flexibility index (Phi) is 4.83. The molecule has 6 heteroatoms. The fraction of sp³-hybridized carbons (Fsp3) is 0.353. The number of β-amino-alcohol motifs (C(OH)–C–C–N with tert-alkyl or cyclic N) is 1. The van der Waals surface area contributed by atoms with E-state index in [1.165, 1.54) is 0 Å². The van der Waals surface area contributed by atoms with Crippen molar-refractivity contribution in [1.29, 1.82) is 0 Å². The molecule has 1 aliphatic heterocycles. The highest BCUT2D eigenvalue weighted by Crippen LogP contribution is 2.21. The highest BCUT2D eigenvalue weighted by Gasteiger charge is 2.21. The molecule has 0 spiro atoms. The molecule has 2 aromatic heterocycles. The number of anilines is 1. The van der Waals surface area contributed by atoms with Gasteiger partial charge in [-0.05, 0) is 31.0 Å². The number of aliphatic hydroxyl groups excluding tert-OH is 1. The first-order chi connectivity index (χ1) is 11.2. The summed E-state index contributed by atoms with van der Waals surface area (Å²) in [6, 6.07) is 9.04. The Morgan fingerprint density at radius 2 is 2.13 bits per heavy atom. The van der Waals surface area contributed by atoms with E-state index in [-0.39, 0.29) is 12.0 Å². The number of piperidine rings is 1. The highest BCUT2D eigenvalue weighted by molar-refractivity contribution is 5.92. The molecule has 1 aliphatic rings. The Hall–Kier alpha value is -2.47. The molecule has 1 atom stereocenters. The van der Waals surface area contributed by atoms with Gasteiger partial charge in [0.05, 0.1) is 6.10 Å². The zero-order chi connectivity index (χ0) is 16.1.